The maximum absolute atomic E-state index is 12.5. The molecule has 0 saturated carbocycles. The summed E-state index contributed by atoms with van der Waals surface area (Å²) in [5, 5.41) is 3.42. The number of hydrogen-bond acceptors (Lipinski definition) is 4. The van der Waals surface area contributed by atoms with Crippen LogP contribution < -0.4 is 10.2 Å². The van der Waals surface area contributed by atoms with Crippen molar-refractivity contribution >= 4 is 40.7 Å². The average molecular weight is 387 g/mol. The van der Waals surface area contributed by atoms with E-state index in [1.54, 1.807) is 30.5 Å². The quantitative estimate of drug-likeness (QED) is 0.691. The zero-order chi connectivity index (χ0) is 18.5. The minimum absolute atomic E-state index is 0.228. The van der Waals surface area contributed by atoms with Crippen LogP contribution in [-0.4, -0.2) is 22.9 Å². The first kappa shape index (κ1) is 18.2. The summed E-state index contributed by atoms with van der Waals surface area (Å²) < 4.78 is 0. The summed E-state index contributed by atoms with van der Waals surface area (Å²) >= 11 is 12.2. The molecule has 3 aromatic rings. The maximum atomic E-state index is 12.5. The third kappa shape index (κ3) is 4.31. The second kappa shape index (κ2) is 8.17. The van der Waals surface area contributed by atoms with Gasteiger partial charge in [-0.1, -0.05) is 59.6 Å². The third-order valence-corrected chi connectivity index (χ3v) is 4.31. The molecule has 3 rings (SSSR count). The molecule has 0 bridgehead atoms. The number of para-hydroxylation sites is 1. The lowest BCUT2D eigenvalue weighted by molar-refractivity contribution is 0.102. The fourth-order valence-electron chi connectivity index (χ4n) is 2.38. The molecule has 0 aliphatic rings. The van der Waals surface area contributed by atoms with Crippen molar-refractivity contribution < 1.29 is 4.79 Å². The summed E-state index contributed by atoms with van der Waals surface area (Å²) in [5.74, 6) is 0.0449. The number of nitrogens with zero attached hydrogens (tertiary/aromatic N) is 3. The van der Waals surface area contributed by atoms with Crippen molar-refractivity contribution in [3.63, 3.8) is 0 Å². The van der Waals surface area contributed by atoms with E-state index < -0.39 is 5.91 Å². The SMILES string of the molecule is CN(Cc1ccccc1)c1nccc(C(=O)Nc2c(Cl)cccc2Cl)n1. The predicted octanol–water partition coefficient (Wildman–Crippen LogP) is 4.67. The van der Waals surface area contributed by atoms with Gasteiger partial charge in [0.2, 0.25) is 5.95 Å². The van der Waals surface area contributed by atoms with Crippen molar-refractivity contribution in [1.29, 1.82) is 0 Å². The molecule has 132 valence electrons. The van der Waals surface area contributed by atoms with Crippen molar-refractivity contribution in [3.05, 3.63) is 82.1 Å². The van der Waals surface area contributed by atoms with E-state index in [0.717, 1.165) is 5.56 Å². The monoisotopic (exact) mass is 386 g/mol. The summed E-state index contributed by atoms with van der Waals surface area (Å²) in [6.45, 7) is 0.627. The largest absolute Gasteiger partial charge is 0.340 e. The Labute approximate surface area is 161 Å². The molecule has 0 radical (unpaired) electrons. The van der Waals surface area contributed by atoms with Crippen LogP contribution in [0.2, 0.25) is 10.0 Å². The first-order valence-corrected chi connectivity index (χ1v) is 8.63. The van der Waals surface area contributed by atoms with Gasteiger partial charge in [0, 0.05) is 19.8 Å². The third-order valence-electron chi connectivity index (χ3n) is 3.68. The van der Waals surface area contributed by atoms with Gasteiger partial charge >= 0.3 is 0 Å². The van der Waals surface area contributed by atoms with E-state index in [0.29, 0.717) is 28.2 Å². The number of benzene rings is 2. The van der Waals surface area contributed by atoms with Crippen molar-refractivity contribution in [2.75, 3.05) is 17.3 Å². The number of hydrogen-bond donors (Lipinski definition) is 1. The Balaban J connectivity index is 1.77. The highest BCUT2D eigenvalue weighted by Gasteiger charge is 2.14. The second-order valence-corrected chi connectivity index (χ2v) is 6.45. The van der Waals surface area contributed by atoms with E-state index >= 15 is 0 Å². The molecule has 0 fully saturated rings. The Kier molecular flexibility index (Phi) is 5.71. The summed E-state index contributed by atoms with van der Waals surface area (Å²) in [4.78, 5) is 23.0. The van der Waals surface area contributed by atoms with Crippen LogP contribution in [0.25, 0.3) is 0 Å². The fraction of sp³-hybridized carbons (Fsp3) is 0.105. The Morgan fingerprint density at radius 2 is 1.73 bits per heavy atom. The normalized spacial score (nSPS) is 10.4. The molecule has 0 spiro atoms. The molecule has 26 heavy (non-hydrogen) atoms. The number of amides is 1. The molecule has 1 heterocycles. The van der Waals surface area contributed by atoms with Crippen molar-refractivity contribution in [2.45, 2.75) is 6.54 Å². The van der Waals surface area contributed by atoms with Gasteiger partial charge in [0.1, 0.15) is 5.69 Å². The van der Waals surface area contributed by atoms with Gasteiger partial charge in [-0.05, 0) is 23.8 Å². The van der Waals surface area contributed by atoms with Crippen molar-refractivity contribution in [3.8, 4) is 0 Å². The van der Waals surface area contributed by atoms with Gasteiger partial charge in [-0.15, -0.1) is 0 Å². The molecular weight excluding hydrogens is 371 g/mol. The fourth-order valence-corrected chi connectivity index (χ4v) is 2.87. The molecule has 1 N–H and O–H groups in total. The lowest BCUT2D eigenvalue weighted by Gasteiger charge is -2.17. The van der Waals surface area contributed by atoms with Crippen LogP contribution in [0.15, 0.2) is 60.8 Å². The molecule has 0 saturated heterocycles. The van der Waals surface area contributed by atoms with Crippen LogP contribution >= 0.6 is 23.2 Å². The lowest BCUT2D eigenvalue weighted by Crippen LogP contribution is -2.21. The van der Waals surface area contributed by atoms with Crippen molar-refractivity contribution in [2.24, 2.45) is 0 Å². The minimum atomic E-state index is -0.406. The molecule has 5 nitrogen and oxygen atoms in total. The Morgan fingerprint density at radius 1 is 1.04 bits per heavy atom. The van der Waals surface area contributed by atoms with E-state index in [1.165, 1.54) is 0 Å². The molecular formula is C19H16Cl2N4O. The summed E-state index contributed by atoms with van der Waals surface area (Å²) in [7, 11) is 1.87. The minimum Gasteiger partial charge on any atom is -0.340 e. The molecule has 0 atom stereocenters. The number of carbonyl (C=O) groups is 1. The van der Waals surface area contributed by atoms with E-state index in [4.69, 9.17) is 23.2 Å². The smallest absolute Gasteiger partial charge is 0.274 e. The first-order chi connectivity index (χ1) is 12.5. The van der Waals surface area contributed by atoms with Crippen LogP contribution in [-0.2, 0) is 6.54 Å². The zero-order valence-corrected chi connectivity index (χ0v) is 15.5. The number of carbonyl (C=O) groups excluding carboxylic acids is 1. The predicted molar refractivity (Wildman–Crippen MR) is 105 cm³/mol. The van der Waals surface area contributed by atoms with Crippen LogP contribution in [0.1, 0.15) is 16.1 Å². The first-order valence-electron chi connectivity index (χ1n) is 7.88. The highest BCUT2D eigenvalue weighted by atomic mass is 35.5. The summed E-state index contributed by atoms with van der Waals surface area (Å²) in [6.07, 6.45) is 1.55. The highest BCUT2D eigenvalue weighted by Crippen LogP contribution is 2.30. The number of halogens is 2. The van der Waals surface area contributed by atoms with E-state index in [2.05, 4.69) is 15.3 Å². The van der Waals surface area contributed by atoms with Gasteiger partial charge in [0.25, 0.3) is 5.91 Å². The van der Waals surface area contributed by atoms with E-state index in [1.807, 2.05) is 42.3 Å². The number of anilines is 2. The van der Waals surface area contributed by atoms with Crippen LogP contribution in [0.4, 0.5) is 11.6 Å². The molecule has 0 aliphatic heterocycles. The zero-order valence-electron chi connectivity index (χ0n) is 14.0. The molecule has 7 heteroatoms. The van der Waals surface area contributed by atoms with Gasteiger partial charge in [0.05, 0.1) is 15.7 Å². The van der Waals surface area contributed by atoms with Crippen LogP contribution in [0.5, 0.6) is 0 Å². The van der Waals surface area contributed by atoms with Crippen LogP contribution in [0.3, 0.4) is 0 Å². The molecule has 2 aromatic carbocycles. The van der Waals surface area contributed by atoms with Gasteiger partial charge in [-0.2, -0.15) is 0 Å². The van der Waals surface area contributed by atoms with Gasteiger partial charge in [-0.25, -0.2) is 9.97 Å². The number of aromatic nitrogens is 2. The highest BCUT2D eigenvalue weighted by molar-refractivity contribution is 6.40. The second-order valence-electron chi connectivity index (χ2n) is 5.63. The lowest BCUT2D eigenvalue weighted by atomic mass is 10.2. The number of nitrogens with one attached hydrogen (secondary N) is 1. The summed E-state index contributed by atoms with van der Waals surface area (Å²) in [5.41, 5.74) is 1.71. The van der Waals surface area contributed by atoms with Gasteiger partial charge < -0.3 is 10.2 Å². The Hall–Kier alpha value is -2.63. The maximum Gasteiger partial charge on any atom is 0.274 e. The van der Waals surface area contributed by atoms with Gasteiger partial charge in [-0.3, -0.25) is 4.79 Å². The van der Waals surface area contributed by atoms with E-state index in [9.17, 15) is 4.79 Å². The topological polar surface area (TPSA) is 58.1 Å². The van der Waals surface area contributed by atoms with Crippen LogP contribution in [0, 0.1) is 0 Å². The average Bonchev–Trinajstić information content (AvgIpc) is 2.65. The van der Waals surface area contributed by atoms with Gasteiger partial charge in [0.15, 0.2) is 0 Å². The number of rotatable bonds is 5. The van der Waals surface area contributed by atoms with E-state index in [-0.39, 0.29) is 5.69 Å². The molecule has 1 amide bonds. The molecule has 0 aliphatic carbocycles. The molecule has 0 unspecified atom stereocenters. The van der Waals surface area contributed by atoms with Crippen molar-refractivity contribution in [1.82, 2.24) is 9.97 Å². The Bertz CT molecular complexity index is 898. The summed E-state index contributed by atoms with van der Waals surface area (Å²) in [6, 6.07) is 16.5. The Morgan fingerprint density at radius 3 is 2.42 bits per heavy atom. The standard InChI is InChI=1S/C19H16Cl2N4O/c1-25(12-13-6-3-2-4-7-13)19-22-11-10-16(23-19)18(26)24-17-14(20)8-5-9-15(17)21/h2-11H,12H2,1H3,(H,24,26). The molecule has 1 aromatic heterocycles.